The number of nitrogens with zero attached hydrogens (tertiary/aromatic N) is 1. The van der Waals surface area contributed by atoms with E-state index < -0.39 is 24.1 Å². The van der Waals surface area contributed by atoms with E-state index in [1.54, 1.807) is 18.7 Å². The summed E-state index contributed by atoms with van der Waals surface area (Å²) in [4.78, 5) is 39.4. The van der Waals surface area contributed by atoms with Gasteiger partial charge in [0.25, 0.3) is 0 Å². The molecule has 3 unspecified atom stereocenters. The second kappa shape index (κ2) is 12.3. The molecule has 2 rings (SSSR count). The van der Waals surface area contributed by atoms with Gasteiger partial charge in [0.05, 0.1) is 19.8 Å². The van der Waals surface area contributed by atoms with Gasteiger partial charge in [0.1, 0.15) is 12.1 Å². The lowest BCUT2D eigenvalue weighted by molar-refractivity contribution is -0.154. The Morgan fingerprint density at radius 2 is 1.90 bits per heavy atom. The SMILES string of the molecule is CCOC(=O)C(CCc1ccccc1)NC1CCCCCN(C(C)C(=O)OC)C1=O. The van der Waals surface area contributed by atoms with Crippen molar-refractivity contribution in [1.29, 1.82) is 0 Å². The Morgan fingerprint density at radius 3 is 2.57 bits per heavy atom. The molecule has 1 aromatic rings. The number of methoxy groups -OCH3 is 1. The highest BCUT2D eigenvalue weighted by molar-refractivity contribution is 5.88. The summed E-state index contributed by atoms with van der Waals surface area (Å²) in [5.41, 5.74) is 1.12. The number of nitrogens with one attached hydrogen (secondary N) is 1. The monoisotopic (exact) mass is 418 g/mol. The van der Waals surface area contributed by atoms with Crippen molar-refractivity contribution in [2.75, 3.05) is 20.3 Å². The van der Waals surface area contributed by atoms with Crippen molar-refractivity contribution >= 4 is 17.8 Å². The molecule has 0 spiro atoms. The standard InChI is InChI=1S/C23H34N2O5/c1-4-30-23(28)20(15-14-18-11-7-5-8-12-18)24-19-13-9-6-10-16-25(21(19)26)17(2)22(27)29-3/h5,7-8,11-12,17,19-20,24H,4,6,9-10,13-16H2,1-3H3. The Kier molecular flexibility index (Phi) is 9.80. The summed E-state index contributed by atoms with van der Waals surface area (Å²) >= 11 is 0. The van der Waals surface area contributed by atoms with Crippen LogP contribution in [0.3, 0.4) is 0 Å². The third kappa shape index (κ3) is 6.83. The minimum atomic E-state index is -0.657. The van der Waals surface area contributed by atoms with E-state index >= 15 is 0 Å². The fourth-order valence-corrected chi connectivity index (χ4v) is 3.79. The number of likely N-dealkylation sites (tertiary alicyclic amines) is 1. The van der Waals surface area contributed by atoms with Crippen molar-refractivity contribution in [3.63, 3.8) is 0 Å². The molecule has 30 heavy (non-hydrogen) atoms. The van der Waals surface area contributed by atoms with Crippen molar-refractivity contribution in [3.8, 4) is 0 Å². The van der Waals surface area contributed by atoms with Crippen LogP contribution in [0.15, 0.2) is 30.3 Å². The van der Waals surface area contributed by atoms with Gasteiger partial charge in [-0.05, 0) is 45.1 Å². The molecule has 1 aliphatic heterocycles. The summed E-state index contributed by atoms with van der Waals surface area (Å²) < 4.78 is 10.1. The van der Waals surface area contributed by atoms with Crippen LogP contribution in [0.2, 0.25) is 0 Å². The molecule has 0 aromatic heterocycles. The van der Waals surface area contributed by atoms with Crippen LogP contribution in [0.25, 0.3) is 0 Å². The second-order valence-corrected chi connectivity index (χ2v) is 7.63. The van der Waals surface area contributed by atoms with E-state index in [9.17, 15) is 14.4 Å². The maximum atomic E-state index is 13.3. The largest absolute Gasteiger partial charge is 0.467 e. The number of carbonyl (C=O) groups is 3. The average Bonchev–Trinajstić information content (AvgIpc) is 2.75. The summed E-state index contributed by atoms with van der Waals surface area (Å²) in [6, 6.07) is 8.13. The predicted octanol–water partition coefficient (Wildman–Crippen LogP) is 2.47. The van der Waals surface area contributed by atoms with Gasteiger partial charge in [-0.2, -0.15) is 0 Å². The number of aryl methyl sites for hydroxylation is 1. The van der Waals surface area contributed by atoms with Crippen LogP contribution in [0.1, 0.15) is 51.5 Å². The van der Waals surface area contributed by atoms with Crippen molar-refractivity contribution in [2.45, 2.75) is 70.5 Å². The molecular weight excluding hydrogens is 384 g/mol. The van der Waals surface area contributed by atoms with Gasteiger partial charge >= 0.3 is 11.9 Å². The molecule has 7 heteroatoms. The molecule has 1 aromatic carbocycles. The lowest BCUT2D eigenvalue weighted by Gasteiger charge is -2.34. The molecule has 166 valence electrons. The Bertz CT molecular complexity index is 694. The van der Waals surface area contributed by atoms with E-state index in [0.717, 1.165) is 24.8 Å². The fourth-order valence-electron chi connectivity index (χ4n) is 3.79. The van der Waals surface area contributed by atoms with E-state index in [-0.39, 0.29) is 18.5 Å². The summed E-state index contributed by atoms with van der Waals surface area (Å²) in [5, 5.41) is 3.25. The van der Waals surface area contributed by atoms with Gasteiger partial charge in [-0.15, -0.1) is 0 Å². The first-order chi connectivity index (χ1) is 14.5. The fraction of sp³-hybridized carbons (Fsp3) is 0.609. The highest BCUT2D eigenvalue weighted by Crippen LogP contribution is 2.17. The number of esters is 2. The van der Waals surface area contributed by atoms with Crippen LogP contribution in [-0.4, -0.2) is 61.1 Å². The number of amides is 1. The van der Waals surface area contributed by atoms with Crippen LogP contribution in [0.5, 0.6) is 0 Å². The molecule has 1 saturated heterocycles. The molecule has 1 aliphatic rings. The van der Waals surface area contributed by atoms with Crippen molar-refractivity contribution in [1.82, 2.24) is 10.2 Å². The first kappa shape index (κ1) is 23.9. The third-order valence-corrected chi connectivity index (χ3v) is 5.52. The predicted molar refractivity (Wildman–Crippen MR) is 114 cm³/mol. The first-order valence-electron chi connectivity index (χ1n) is 10.8. The van der Waals surface area contributed by atoms with Crippen LogP contribution < -0.4 is 5.32 Å². The first-order valence-corrected chi connectivity index (χ1v) is 10.8. The van der Waals surface area contributed by atoms with Gasteiger partial charge in [0.2, 0.25) is 5.91 Å². The van der Waals surface area contributed by atoms with E-state index in [0.29, 0.717) is 25.8 Å². The molecule has 0 aliphatic carbocycles. The smallest absolute Gasteiger partial charge is 0.328 e. The molecule has 7 nitrogen and oxygen atoms in total. The zero-order chi connectivity index (χ0) is 21.9. The number of hydrogen-bond acceptors (Lipinski definition) is 6. The molecule has 1 amide bonds. The van der Waals surface area contributed by atoms with Crippen molar-refractivity contribution in [2.24, 2.45) is 0 Å². The van der Waals surface area contributed by atoms with Crippen LogP contribution in [0, 0.1) is 0 Å². The average molecular weight is 419 g/mol. The lowest BCUT2D eigenvalue weighted by Crippen LogP contribution is -2.56. The van der Waals surface area contributed by atoms with Gasteiger partial charge in [-0.25, -0.2) is 4.79 Å². The van der Waals surface area contributed by atoms with Crippen molar-refractivity contribution in [3.05, 3.63) is 35.9 Å². The molecule has 0 saturated carbocycles. The Balaban J connectivity index is 2.14. The maximum Gasteiger partial charge on any atom is 0.328 e. The summed E-state index contributed by atoms with van der Waals surface area (Å²) in [6.07, 6.45) is 4.53. The maximum absolute atomic E-state index is 13.3. The molecule has 0 radical (unpaired) electrons. The minimum absolute atomic E-state index is 0.165. The molecule has 1 N–H and O–H groups in total. The second-order valence-electron chi connectivity index (χ2n) is 7.63. The Morgan fingerprint density at radius 1 is 1.17 bits per heavy atom. The molecular formula is C23H34N2O5. The van der Waals surface area contributed by atoms with Gasteiger partial charge in [-0.3, -0.25) is 14.9 Å². The zero-order valence-corrected chi connectivity index (χ0v) is 18.3. The van der Waals surface area contributed by atoms with Gasteiger partial charge < -0.3 is 14.4 Å². The number of carbonyl (C=O) groups excluding carboxylic acids is 3. The van der Waals surface area contributed by atoms with Gasteiger partial charge in [-0.1, -0.05) is 43.2 Å². The summed E-state index contributed by atoms with van der Waals surface area (Å²) in [7, 11) is 1.32. The van der Waals surface area contributed by atoms with Crippen LogP contribution in [0.4, 0.5) is 0 Å². The Hall–Kier alpha value is -2.41. The normalized spacial score (nSPS) is 19.4. The summed E-state index contributed by atoms with van der Waals surface area (Å²) in [6.45, 7) is 4.24. The lowest BCUT2D eigenvalue weighted by atomic mass is 9.99. The quantitative estimate of drug-likeness (QED) is 0.620. The topological polar surface area (TPSA) is 84.9 Å². The van der Waals surface area contributed by atoms with Gasteiger partial charge in [0, 0.05) is 6.54 Å². The molecule has 1 heterocycles. The molecule has 3 atom stereocenters. The Labute approximate surface area is 179 Å². The third-order valence-electron chi connectivity index (χ3n) is 5.52. The minimum Gasteiger partial charge on any atom is -0.467 e. The van der Waals surface area contributed by atoms with E-state index in [4.69, 9.17) is 9.47 Å². The number of hydrogen-bond donors (Lipinski definition) is 1. The molecule has 0 bridgehead atoms. The number of ether oxygens (including phenoxy) is 2. The zero-order valence-electron chi connectivity index (χ0n) is 18.3. The summed E-state index contributed by atoms with van der Waals surface area (Å²) in [5.74, 6) is -0.953. The van der Waals surface area contributed by atoms with E-state index in [1.807, 2.05) is 30.3 Å². The van der Waals surface area contributed by atoms with Gasteiger partial charge in [0.15, 0.2) is 0 Å². The van der Waals surface area contributed by atoms with Crippen molar-refractivity contribution < 1.29 is 23.9 Å². The number of rotatable bonds is 9. The molecule has 1 fully saturated rings. The van der Waals surface area contributed by atoms with Crippen LogP contribution >= 0.6 is 0 Å². The van der Waals surface area contributed by atoms with Crippen LogP contribution in [-0.2, 0) is 30.3 Å². The van der Waals surface area contributed by atoms with E-state index in [2.05, 4.69) is 5.32 Å². The van der Waals surface area contributed by atoms with E-state index in [1.165, 1.54) is 7.11 Å². The highest BCUT2D eigenvalue weighted by atomic mass is 16.5. The highest BCUT2D eigenvalue weighted by Gasteiger charge is 2.34. The number of benzene rings is 1.